The second-order valence-electron chi connectivity index (χ2n) is 3.53. The lowest BCUT2D eigenvalue weighted by molar-refractivity contribution is 0.441. The molecule has 0 amide bonds. The number of aromatic hydroxyl groups is 1. The number of aromatic nitrogens is 2. The van der Waals surface area contributed by atoms with Crippen LogP contribution in [-0.2, 0) is 12.2 Å². The first-order valence-electron chi connectivity index (χ1n) is 4.97. The van der Waals surface area contributed by atoms with Crippen molar-refractivity contribution in [2.75, 3.05) is 0 Å². The molecule has 1 heterocycles. The molecular weight excluding hydrogens is 212 g/mol. The molecule has 0 fully saturated rings. The minimum absolute atomic E-state index is 0.138. The molecule has 0 aliphatic rings. The summed E-state index contributed by atoms with van der Waals surface area (Å²) in [7, 11) is 0. The van der Waals surface area contributed by atoms with E-state index in [4.69, 9.17) is 0 Å². The van der Waals surface area contributed by atoms with Crippen molar-refractivity contribution in [3.63, 3.8) is 0 Å². The Morgan fingerprint density at radius 1 is 1.53 bits per heavy atom. The van der Waals surface area contributed by atoms with Gasteiger partial charge in [-0.05, 0) is 11.7 Å². The summed E-state index contributed by atoms with van der Waals surface area (Å²) in [5.74, 6) is 1.01. The van der Waals surface area contributed by atoms with Gasteiger partial charge in [0, 0.05) is 0 Å². The van der Waals surface area contributed by atoms with Crippen LogP contribution in [-0.4, -0.2) is 20.3 Å². The van der Waals surface area contributed by atoms with Crippen LogP contribution < -0.4 is 5.56 Å². The quantitative estimate of drug-likeness (QED) is 0.823. The lowest BCUT2D eigenvalue weighted by Crippen LogP contribution is -2.16. The van der Waals surface area contributed by atoms with Crippen LogP contribution in [0.2, 0.25) is 0 Å². The van der Waals surface area contributed by atoms with Crippen molar-refractivity contribution in [3.8, 4) is 5.88 Å². The first kappa shape index (κ1) is 12.1. The monoisotopic (exact) mass is 228 g/mol. The van der Waals surface area contributed by atoms with Crippen molar-refractivity contribution in [1.82, 2.24) is 9.97 Å². The molecule has 0 aliphatic heterocycles. The Labute approximate surface area is 93.1 Å². The largest absolute Gasteiger partial charge is 0.493 e. The van der Waals surface area contributed by atoms with Crippen molar-refractivity contribution >= 4 is 11.8 Å². The van der Waals surface area contributed by atoms with Crippen molar-refractivity contribution < 1.29 is 5.11 Å². The number of hydrogen-bond acceptors (Lipinski definition) is 4. The Balaban J connectivity index is 2.89. The topological polar surface area (TPSA) is 66.0 Å². The van der Waals surface area contributed by atoms with Gasteiger partial charge in [0.25, 0.3) is 5.56 Å². The maximum absolute atomic E-state index is 11.5. The fourth-order valence-corrected chi connectivity index (χ4v) is 1.79. The van der Waals surface area contributed by atoms with E-state index in [1.54, 1.807) is 11.8 Å². The van der Waals surface area contributed by atoms with Crippen LogP contribution in [0.15, 0.2) is 4.79 Å². The number of H-pyrrole nitrogens is 1. The average molecular weight is 228 g/mol. The van der Waals surface area contributed by atoms with Gasteiger partial charge in [-0.25, -0.2) is 0 Å². The Hall–Kier alpha value is -0.970. The van der Waals surface area contributed by atoms with Gasteiger partial charge in [-0.1, -0.05) is 20.8 Å². The average Bonchev–Trinajstić information content (AvgIpc) is 2.14. The molecule has 1 aromatic rings. The van der Waals surface area contributed by atoms with Crippen LogP contribution in [0.1, 0.15) is 32.2 Å². The minimum atomic E-state index is -0.232. The van der Waals surface area contributed by atoms with E-state index < -0.39 is 0 Å². The zero-order chi connectivity index (χ0) is 11.4. The summed E-state index contributed by atoms with van der Waals surface area (Å²) in [5, 5.41) is 9.97. The summed E-state index contributed by atoms with van der Waals surface area (Å²) in [4.78, 5) is 18.1. The molecule has 1 rings (SSSR count). The number of nitrogens with zero attached hydrogens (tertiary/aromatic N) is 1. The van der Waals surface area contributed by atoms with Crippen LogP contribution >= 0.6 is 11.8 Å². The highest BCUT2D eigenvalue weighted by molar-refractivity contribution is 7.99. The standard InChI is InChI=1S/C10H16N2O2S/c1-4-7-9(13)11-8(12-10(7)14)5-15-6(2)3/h6H,4-5H2,1-3H3,(H2,11,12,13,14). The molecule has 0 saturated carbocycles. The van der Waals surface area contributed by atoms with E-state index in [1.807, 2.05) is 6.92 Å². The molecule has 0 aliphatic carbocycles. The molecule has 4 nitrogen and oxygen atoms in total. The van der Waals surface area contributed by atoms with E-state index in [9.17, 15) is 9.90 Å². The zero-order valence-corrected chi connectivity index (χ0v) is 10.0. The third-order valence-electron chi connectivity index (χ3n) is 1.95. The summed E-state index contributed by atoms with van der Waals surface area (Å²) in [5.41, 5.74) is 0.123. The molecule has 0 saturated heterocycles. The fraction of sp³-hybridized carbons (Fsp3) is 0.600. The third kappa shape index (κ3) is 3.27. The predicted octanol–water partition coefficient (Wildman–Crippen LogP) is 1.68. The predicted molar refractivity (Wildman–Crippen MR) is 62.3 cm³/mol. The van der Waals surface area contributed by atoms with Crippen molar-refractivity contribution in [1.29, 1.82) is 0 Å². The van der Waals surface area contributed by atoms with E-state index in [0.29, 0.717) is 28.8 Å². The van der Waals surface area contributed by atoms with Crippen LogP contribution in [0.3, 0.4) is 0 Å². The fourth-order valence-electron chi connectivity index (χ4n) is 1.16. The molecule has 0 bridgehead atoms. The van der Waals surface area contributed by atoms with E-state index in [-0.39, 0.29) is 11.4 Å². The van der Waals surface area contributed by atoms with Gasteiger partial charge < -0.3 is 10.1 Å². The van der Waals surface area contributed by atoms with E-state index >= 15 is 0 Å². The van der Waals surface area contributed by atoms with Crippen molar-refractivity contribution in [2.45, 2.75) is 38.2 Å². The molecular formula is C10H16N2O2S. The van der Waals surface area contributed by atoms with Gasteiger partial charge in [0.05, 0.1) is 11.3 Å². The first-order chi connectivity index (χ1) is 7.04. The van der Waals surface area contributed by atoms with Crippen LogP contribution in [0.4, 0.5) is 0 Å². The molecule has 0 radical (unpaired) electrons. The van der Waals surface area contributed by atoms with Crippen molar-refractivity contribution in [2.24, 2.45) is 0 Å². The highest BCUT2D eigenvalue weighted by atomic mass is 32.2. The highest BCUT2D eigenvalue weighted by Crippen LogP contribution is 2.16. The Morgan fingerprint density at radius 3 is 2.67 bits per heavy atom. The Morgan fingerprint density at radius 2 is 2.20 bits per heavy atom. The Kier molecular flexibility index (Phi) is 4.20. The number of rotatable bonds is 4. The molecule has 2 N–H and O–H groups in total. The summed E-state index contributed by atoms with van der Waals surface area (Å²) < 4.78 is 0. The van der Waals surface area contributed by atoms with E-state index in [1.165, 1.54) is 0 Å². The minimum Gasteiger partial charge on any atom is -0.493 e. The lowest BCUT2D eigenvalue weighted by Gasteiger charge is -2.06. The normalized spacial score (nSPS) is 10.9. The van der Waals surface area contributed by atoms with Crippen LogP contribution in [0.25, 0.3) is 0 Å². The number of aromatic amines is 1. The maximum atomic E-state index is 11.5. The van der Waals surface area contributed by atoms with Gasteiger partial charge >= 0.3 is 0 Å². The van der Waals surface area contributed by atoms with Gasteiger partial charge in [-0.3, -0.25) is 4.79 Å². The molecule has 0 unspecified atom stereocenters. The third-order valence-corrected chi connectivity index (χ3v) is 3.06. The molecule has 15 heavy (non-hydrogen) atoms. The van der Waals surface area contributed by atoms with Gasteiger partial charge in [-0.2, -0.15) is 16.7 Å². The number of thioether (sulfide) groups is 1. The number of hydrogen-bond donors (Lipinski definition) is 2. The molecule has 1 aromatic heterocycles. The highest BCUT2D eigenvalue weighted by Gasteiger charge is 2.08. The van der Waals surface area contributed by atoms with Gasteiger partial charge in [0.1, 0.15) is 5.82 Å². The molecule has 84 valence electrons. The molecule has 0 spiro atoms. The van der Waals surface area contributed by atoms with E-state index in [2.05, 4.69) is 23.8 Å². The second-order valence-corrected chi connectivity index (χ2v) is 5.09. The van der Waals surface area contributed by atoms with Gasteiger partial charge in [0.2, 0.25) is 5.88 Å². The summed E-state index contributed by atoms with van der Waals surface area (Å²) in [6, 6.07) is 0. The first-order valence-corrected chi connectivity index (χ1v) is 6.02. The second kappa shape index (κ2) is 5.21. The summed E-state index contributed by atoms with van der Waals surface area (Å²) >= 11 is 1.67. The van der Waals surface area contributed by atoms with Gasteiger partial charge in [0.15, 0.2) is 0 Å². The van der Waals surface area contributed by atoms with Gasteiger partial charge in [-0.15, -0.1) is 0 Å². The molecule has 0 aromatic carbocycles. The Bertz CT molecular complexity index is 387. The van der Waals surface area contributed by atoms with Crippen LogP contribution in [0, 0.1) is 0 Å². The SMILES string of the molecule is CCc1c(O)nc(CSC(C)C)[nH]c1=O. The lowest BCUT2D eigenvalue weighted by atomic mass is 10.2. The smallest absolute Gasteiger partial charge is 0.257 e. The van der Waals surface area contributed by atoms with Crippen molar-refractivity contribution in [3.05, 3.63) is 21.7 Å². The summed E-state index contributed by atoms with van der Waals surface area (Å²) in [6.45, 7) is 5.96. The molecule has 0 atom stereocenters. The number of nitrogens with one attached hydrogen (secondary N) is 1. The molecule has 5 heteroatoms. The summed E-state index contributed by atoms with van der Waals surface area (Å²) in [6.07, 6.45) is 0.492. The van der Waals surface area contributed by atoms with Crippen LogP contribution in [0.5, 0.6) is 5.88 Å². The zero-order valence-electron chi connectivity index (χ0n) is 9.20. The van der Waals surface area contributed by atoms with E-state index in [0.717, 1.165) is 0 Å². The maximum Gasteiger partial charge on any atom is 0.257 e.